The molecule has 4 aromatic rings. The second-order valence-electron chi connectivity index (χ2n) is 8.48. The van der Waals surface area contributed by atoms with E-state index in [9.17, 15) is 14.7 Å². The molecule has 0 radical (unpaired) electrons. The van der Waals surface area contributed by atoms with Gasteiger partial charge >= 0.3 is 5.69 Å². The zero-order chi connectivity index (χ0) is 22.8. The second kappa shape index (κ2) is 9.03. The Bertz CT molecular complexity index is 1310. The highest BCUT2D eigenvalue weighted by atomic mass is 16.3. The quantitative estimate of drug-likeness (QED) is 0.457. The van der Waals surface area contributed by atoms with Crippen LogP contribution in [-0.4, -0.2) is 46.9 Å². The average Bonchev–Trinajstić information content (AvgIpc) is 3.49. The van der Waals surface area contributed by atoms with Crippen LogP contribution in [0.1, 0.15) is 48.0 Å². The molecule has 2 atom stereocenters. The molecule has 3 aromatic heterocycles. The Balaban J connectivity index is 1.43. The molecule has 3 heterocycles. The van der Waals surface area contributed by atoms with Gasteiger partial charge in [-0.05, 0) is 36.6 Å². The maximum absolute atomic E-state index is 13.2. The van der Waals surface area contributed by atoms with Gasteiger partial charge in [0.05, 0.1) is 29.9 Å². The number of aliphatic hydroxyl groups excluding tert-OH is 1. The third-order valence-electron chi connectivity index (χ3n) is 6.22. The van der Waals surface area contributed by atoms with E-state index in [-0.39, 0.29) is 17.6 Å². The molecule has 0 bridgehead atoms. The van der Waals surface area contributed by atoms with Gasteiger partial charge in [0.2, 0.25) is 0 Å². The molecule has 1 saturated carbocycles. The summed E-state index contributed by atoms with van der Waals surface area (Å²) in [5.41, 5.74) is 2.18. The van der Waals surface area contributed by atoms with Crippen LogP contribution in [0.5, 0.6) is 0 Å². The molecular weight excluding hydrogens is 420 g/mol. The Kier molecular flexibility index (Phi) is 5.78. The molecule has 1 aliphatic rings. The predicted molar refractivity (Wildman–Crippen MR) is 122 cm³/mol. The number of fused-ring (bicyclic) bond motifs is 1. The number of aliphatic hydroxyl groups is 1. The van der Waals surface area contributed by atoms with Crippen molar-refractivity contribution in [3.8, 4) is 5.69 Å². The van der Waals surface area contributed by atoms with Gasteiger partial charge in [0.15, 0.2) is 5.65 Å². The van der Waals surface area contributed by atoms with E-state index in [0.29, 0.717) is 24.2 Å². The van der Waals surface area contributed by atoms with E-state index >= 15 is 0 Å². The Morgan fingerprint density at radius 2 is 1.91 bits per heavy atom. The van der Waals surface area contributed by atoms with Gasteiger partial charge in [-0.15, -0.1) is 0 Å². The lowest BCUT2D eigenvalue weighted by Crippen LogP contribution is -2.43. The van der Waals surface area contributed by atoms with Gasteiger partial charge in [0.25, 0.3) is 5.91 Å². The summed E-state index contributed by atoms with van der Waals surface area (Å²) in [6.07, 6.45) is 12.0. The summed E-state index contributed by atoms with van der Waals surface area (Å²) < 4.78 is 4.66. The van der Waals surface area contributed by atoms with E-state index in [1.54, 1.807) is 23.3 Å². The summed E-state index contributed by atoms with van der Waals surface area (Å²) in [5.74, 6) is -0.333. The van der Waals surface area contributed by atoms with Crippen molar-refractivity contribution in [2.75, 3.05) is 0 Å². The first kappa shape index (κ1) is 21.1. The molecule has 1 aliphatic carbocycles. The fourth-order valence-corrected chi connectivity index (χ4v) is 4.41. The van der Waals surface area contributed by atoms with E-state index in [1.807, 2.05) is 36.5 Å². The highest BCUT2D eigenvalue weighted by Crippen LogP contribution is 2.19. The van der Waals surface area contributed by atoms with Crippen LogP contribution in [0.4, 0.5) is 0 Å². The monoisotopic (exact) mass is 446 g/mol. The number of carbonyl (C=O) groups excluding carboxylic acids is 1. The number of carbonyl (C=O) groups is 1. The highest BCUT2D eigenvalue weighted by molar-refractivity contribution is 5.99. The first-order valence-electron chi connectivity index (χ1n) is 11.2. The van der Waals surface area contributed by atoms with E-state index in [0.717, 1.165) is 36.9 Å². The fraction of sp³-hybridized carbons (Fsp3) is 0.333. The van der Waals surface area contributed by atoms with Crippen molar-refractivity contribution < 1.29 is 9.90 Å². The topological polar surface area (TPSA) is 106 Å². The Labute approximate surface area is 190 Å². The number of imidazole rings is 1. The Hall–Kier alpha value is -3.72. The van der Waals surface area contributed by atoms with Gasteiger partial charge in [-0.25, -0.2) is 14.5 Å². The molecule has 2 N–H and O–H groups in total. The van der Waals surface area contributed by atoms with Crippen LogP contribution < -0.4 is 11.0 Å². The lowest BCUT2D eigenvalue weighted by Gasteiger charge is -2.22. The van der Waals surface area contributed by atoms with Crippen molar-refractivity contribution in [3.05, 3.63) is 82.9 Å². The van der Waals surface area contributed by atoms with Crippen LogP contribution in [0.2, 0.25) is 0 Å². The van der Waals surface area contributed by atoms with Crippen LogP contribution in [0.25, 0.3) is 11.3 Å². The third kappa shape index (κ3) is 4.31. The maximum Gasteiger partial charge on any atom is 0.334 e. The molecule has 0 spiro atoms. The van der Waals surface area contributed by atoms with Crippen LogP contribution in [0, 0.1) is 0 Å². The van der Waals surface area contributed by atoms with Crippen LogP contribution in [0.15, 0.2) is 66.1 Å². The van der Waals surface area contributed by atoms with Crippen molar-refractivity contribution in [1.29, 1.82) is 0 Å². The number of amides is 1. The molecule has 0 aliphatic heterocycles. The summed E-state index contributed by atoms with van der Waals surface area (Å²) >= 11 is 0. The van der Waals surface area contributed by atoms with E-state index in [2.05, 4.69) is 15.4 Å². The molecular formula is C24H26N6O3. The largest absolute Gasteiger partial charge is 0.391 e. The van der Waals surface area contributed by atoms with Crippen molar-refractivity contribution in [3.63, 3.8) is 0 Å². The first-order chi connectivity index (χ1) is 16.1. The number of nitrogens with zero attached hydrogens (tertiary/aromatic N) is 5. The van der Waals surface area contributed by atoms with E-state index in [1.165, 1.54) is 15.2 Å². The highest BCUT2D eigenvalue weighted by Gasteiger charge is 2.25. The minimum absolute atomic E-state index is 0.273. The molecule has 0 saturated heterocycles. The van der Waals surface area contributed by atoms with Crippen LogP contribution in [0.3, 0.4) is 0 Å². The Morgan fingerprint density at radius 3 is 2.70 bits per heavy atom. The molecule has 9 heteroatoms. The van der Waals surface area contributed by atoms with Gasteiger partial charge in [0, 0.05) is 31.0 Å². The van der Waals surface area contributed by atoms with Gasteiger partial charge in [0.1, 0.15) is 0 Å². The summed E-state index contributed by atoms with van der Waals surface area (Å²) in [6, 6.07) is 9.29. The summed E-state index contributed by atoms with van der Waals surface area (Å²) in [4.78, 5) is 30.4. The lowest BCUT2D eigenvalue weighted by molar-refractivity contribution is 0.0819. The van der Waals surface area contributed by atoms with Gasteiger partial charge in [-0.2, -0.15) is 5.10 Å². The molecule has 9 nitrogen and oxygen atoms in total. The summed E-state index contributed by atoms with van der Waals surface area (Å²) in [5, 5.41) is 17.6. The SMILES string of the molecule is O=C(N[C@H]1CCCCC[C@@H]1O)c1cn(Cc2ccc(-n3cccn3)cc2)c(=O)n2ccnc12. The maximum atomic E-state index is 13.2. The van der Waals surface area contributed by atoms with Crippen molar-refractivity contribution in [1.82, 2.24) is 29.0 Å². The van der Waals surface area contributed by atoms with Crippen molar-refractivity contribution in [2.45, 2.75) is 50.8 Å². The number of hydrogen-bond acceptors (Lipinski definition) is 5. The first-order valence-corrected chi connectivity index (χ1v) is 11.2. The fourth-order valence-electron chi connectivity index (χ4n) is 4.41. The molecule has 170 valence electrons. The Morgan fingerprint density at radius 1 is 1.09 bits per heavy atom. The molecule has 5 rings (SSSR count). The van der Waals surface area contributed by atoms with Crippen molar-refractivity contribution >= 4 is 11.6 Å². The number of rotatable bonds is 5. The van der Waals surface area contributed by atoms with Gasteiger partial charge < -0.3 is 10.4 Å². The number of aromatic nitrogens is 5. The minimum atomic E-state index is -0.563. The van der Waals surface area contributed by atoms with Gasteiger partial charge in [-0.3, -0.25) is 13.8 Å². The van der Waals surface area contributed by atoms with Crippen LogP contribution in [-0.2, 0) is 6.54 Å². The third-order valence-corrected chi connectivity index (χ3v) is 6.22. The number of nitrogens with one attached hydrogen (secondary N) is 1. The van der Waals surface area contributed by atoms with E-state index < -0.39 is 6.10 Å². The zero-order valence-corrected chi connectivity index (χ0v) is 18.2. The molecule has 1 amide bonds. The van der Waals surface area contributed by atoms with Crippen molar-refractivity contribution in [2.24, 2.45) is 0 Å². The molecule has 33 heavy (non-hydrogen) atoms. The smallest absolute Gasteiger partial charge is 0.334 e. The molecule has 1 aromatic carbocycles. The lowest BCUT2D eigenvalue weighted by atomic mass is 10.1. The number of hydrogen-bond donors (Lipinski definition) is 2. The van der Waals surface area contributed by atoms with Gasteiger partial charge in [-0.1, -0.05) is 31.4 Å². The second-order valence-corrected chi connectivity index (χ2v) is 8.48. The average molecular weight is 447 g/mol. The standard InChI is InChI=1S/C24H26N6O3/c31-21-6-3-1-2-5-20(21)27-23(32)19-16-28(24(33)29-14-12-25-22(19)29)15-17-7-9-18(10-8-17)30-13-4-11-26-30/h4,7-14,16,20-21,31H,1-3,5-6,15H2,(H,27,32)/t20-,21-/m0/s1. The predicted octanol–water partition coefficient (Wildman–Crippen LogP) is 2.15. The minimum Gasteiger partial charge on any atom is -0.391 e. The van der Waals surface area contributed by atoms with Crippen LogP contribution >= 0.6 is 0 Å². The molecule has 0 unspecified atom stereocenters. The molecule has 1 fully saturated rings. The normalized spacial score (nSPS) is 18.8. The number of benzene rings is 1. The summed E-state index contributed by atoms with van der Waals surface area (Å²) in [6.45, 7) is 0.304. The summed E-state index contributed by atoms with van der Waals surface area (Å²) in [7, 11) is 0. The van der Waals surface area contributed by atoms with E-state index in [4.69, 9.17) is 0 Å². The zero-order valence-electron chi connectivity index (χ0n) is 18.2.